The number of carbonyl (C=O) groups is 1. The SMILES string of the molecule is CC(=O)[CH2][PbH]. The zero-order valence-corrected chi connectivity index (χ0v) is 7.68. The first-order chi connectivity index (χ1) is 2.27. The molecule has 0 atom stereocenters. The third kappa shape index (κ3) is 4.59. The van der Waals surface area contributed by atoms with E-state index in [2.05, 4.69) is 0 Å². The predicted molar refractivity (Wildman–Crippen MR) is 22.6 cm³/mol. The molecule has 0 aliphatic carbocycles. The average molecular weight is 265 g/mol. The molecule has 0 spiro atoms. The molecule has 0 unspecified atom stereocenters. The maximum atomic E-state index is 9.85. The van der Waals surface area contributed by atoms with Gasteiger partial charge in [-0.15, -0.1) is 0 Å². The second kappa shape index (κ2) is 2.81. The van der Waals surface area contributed by atoms with Crippen LogP contribution in [0.4, 0.5) is 0 Å². The molecule has 1 nitrogen and oxygen atoms in total. The second-order valence-corrected chi connectivity index (χ2v) is 2.49. The molecule has 2 radical (unpaired) electrons. The van der Waals surface area contributed by atoms with Gasteiger partial charge in [-0.2, -0.15) is 0 Å². The van der Waals surface area contributed by atoms with Gasteiger partial charge in [-0.25, -0.2) is 0 Å². The Hall–Kier alpha value is 0.592. The van der Waals surface area contributed by atoms with Crippen molar-refractivity contribution in [3.63, 3.8) is 0 Å². The molecule has 0 fully saturated rings. The van der Waals surface area contributed by atoms with E-state index in [-0.39, 0.29) is 0 Å². The first-order valence-electron chi connectivity index (χ1n) is 1.47. The van der Waals surface area contributed by atoms with Crippen molar-refractivity contribution in [1.82, 2.24) is 0 Å². The number of Topliss-reactive ketones (excluding diaryl/α,β-unsaturated/α-hetero) is 1. The van der Waals surface area contributed by atoms with Gasteiger partial charge < -0.3 is 0 Å². The Labute approximate surface area is 47.4 Å². The summed E-state index contributed by atoms with van der Waals surface area (Å²) in [5.74, 6) is 0.329. The molecule has 0 aromatic rings. The summed E-state index contributed by atoms with van der Waals surface area (Å²) in [6.45, 7) is 1.62. The van der Waals surface area contributed by atoms with E-state index in [9.17, 15) is 4.79 Å². The summed E-state index contributed by atoms with van der Waals surface area (Å²) in [4.78, 5) is 9.85. The second-order valence-electron chi connectivity index (χ2n) is 0.906. The van der Waals surface area contributed by atoms with Gasteiger partial charge in [0.2, 0.25) is 0 Å². The van der Waals surface area contributed by atoms with E-state index in [0.717, 1.165) is 29.7 Å². The van der Waals surface area contributed by atoms with Crippen LogP contribution in [0.15, 0.2) is 0 Å². The molecule has 0 heterocycles. The van der Waals surface area contributed by atoms with Crippen LogP contribution >= 0.6 is 0 Å². The molecule has 0 aromatic carbocycles. The fourth-order valence-electron chi connectivity index (χ4n) is 0. The van der Waals surface area contributed by atoms with E-state index in [1.165, 1.54) is 0 Å². The Morgan fingerprint density at radius 2 is 2.20 bits per heavy atom. The number of hydrogen-bond donors (Lipinski definition) is 0. The predicted octanol–water partition coefficient (Wildman–Crippen LogP) is -0.106. The van der Waals surface area contributed by atoms with Gasteiger partial charge in [0.05, 0.1) is 0 Å². The van der Waals surface area contributed by atoms with Gasteiger partial charge in [0, 0.05) is 0 Å². The summed E-state index contributed by atoms with van der Waals surface area (Å²) in [6.07, 6.45) is 0. The summed E-state index contributed by atoms with van der Waals surface area (Å²) in [5, 5.41) is 0. The van der Waals surface area contributed by atoms with Crippen LogP contribution in [-0.2, 0) is 4.79 Å². The molecular formula is C3H6OPb. The standard InChI is InChI=1S/C3H5O.Pb.H/c1-3(2)4;;/h1H2,2H3;;. The van der Waals surface area contributed by atoms with Crippen molar-refractivity contribution in [3.8, 4) is 0 Å². The first-order valence-corrected chi connectivity index (χ1v) is 4.64. The van der Waals surface area contributed by atoms with Crippen molar-refractivity contribution < 1.29 is 4.79 Å². The van der Waals surface area contributed by atoms with Gasteiger partial charge in [0.25, 0.3) is 0 Å². The summed E-state index contributed by atoms with van der Waals surface area (Å²) in [5.41, 5.74) is 0. The molecule has 5 heavy (non-hydrogen) atoms. The summed E-state index contributed by atoms with van der Waals surface area (Å²) in [6, 6.07) is 0. The van der Waals surface area contributed by atoms with Gasteiger partial charge in [-0.1, -0.05) is 0 Å². The van der Waals surface area contributed by atoms with E-state index in [1.807, 2.05) is 0 Å². The van der Waals surface area contributed by atoms with Crippen molar-refractivity contribution in [2.75, 3.05) is 0 Å². The van der Waals surface area contributed by atoms with Crippen LogP contribution in [0, 0.1) is 0 Å². The normalized spacial score (nSPS) is 7.60. The molecule has 2 heteroatoms. The summed E-state index contributed by atoms with van der Waals surface area (Å²) >= 11 is 0.859. The van der Waals surface area contributed by atoms with E-state index in [4.69, 9.17) is 0 Å². The Balaban J connectivity index is 2.85. The molecule has 0 aliphatic rings. The van der Waals surface area contributed by atoms with E-state index in [1.54, 1.807) is 6.92 Å². The van der Waals surface area contributed by atoms with Crippen molar-refractivity contribution in [1.29, 1.82) is 0 Å². The Morgan fingerprint density at radius 3 is 2.20 bits per heavy atom. The third-order valence-corrected chi connectivity index (χ3v) is 2.52. The van der Waals surface area contributed by atoms with Crippen molar-refractivity contribution >= 4 is 31.6 Å². The number of ketones is 1. The van der Waals surface area contributed by atoms with Crippen LogP contribution in [0.5, 0.6) is 0 Å². The van der Waals surface area contributed by atoms with Gasteiger partial charge >= 0.3 is 47.2 Å². The Kier molecular flexibility index (Phi) is 3.14. The topological polar surface area (TPSA) is 17.1 Å². The molecule has 0 bridgehead atoms. The van der Waals surface area contributed by atoms with Gasteiger partial charge in [-0.05, 0) is 0 Å². The fraction of sp³-hybridized carbons (Fsp3) is 0.667. The van der Waals surface area contributed by atoms with Crippen LogP contribution in [-0.4, -0.2) is 31.6 Å². The number of hydrogen-bond acceptors (Lipinski definition) is 1. The third-order valence-electron chi connectivity index (χ3n) is 0.287. The molecule has 0 aliphatic heterocycles. The minimum absolute atomic E-state index is 0.329. The zero-order chi connectivity index (χ0) is 4.28. The van der Waals surface area contributed by atoms with E-state index < -0.39 is 0 Å². The number of carbonyl (C=O) groups excluding carboxylic acids is 1. The molecule has 0 N–H and O–H groups in total. The van der Waals surface area contributed by atoms with Crippen molar-refractivity contribution in [2.24, 2.45) is 0 Å². The molecule has 0 aromatic heterocycles. The zero-order valence-electron chi connectivity index (χ0n) is 3.19. The average Bonchev–Trinajstić information content (AvgIpc) is 1.38. The quantitative estimate of drug-likeness (QED) is 0.605. The summed E-state index contributed by atoms with van der Waals surface area (Å²) in [7, 11) is 0. The van der Waals surface area contributed by atoms with Gasteiger partial charge in [0.15, 0.2) is 0 Å². The van der Waals surface area contributed by atoms with E-state index >= 15 is 0 Å². The van der Waals surface area contributed by atoms with Crippen LogP contribution in [0.3, 0.4) is 0 Å². The molecule has 0 rings (SSSR count). The van der Waals surface area contributed by atoms with Crippen LogP contribution in [0.1, 0.15) is 6.92 Å². The number of rotatable bonds is 1. The van der Waals surface area contributed by atoms with Crippen LogP contribution < -0.4 is 0 Å². The van der Waals surface area contributed by atoms with Crippen LogP contribution in [0.2, 0.25) is 3.98 Å². The van der Waals surface area contributed by atoms with Crippen LogP contribution in [0.25, 0.3) is 0 Å². The fourth-order valence-corrected chi connectivity index (χ4v) is 0. The first kappa shape index (κ1) is 5.59. The molecule has 0 saturated carbocycles. The molecular weight excluding hydrogens is 259 g/mol. The van der Waals surface area contributed by atoms with Gasteiger partial charge in [0.1, 0.15) is 0 Å². The van der Waals surface area contributed by atoms with Crippen molar-refractivity contribution in [3.05, 3.63) is 0 Å². The molecule has 0 amide bonds. The maximum absolute atomic E-state index is 9.85. The molecule has 0 saturated heterocycles. The van der Waals surface area contributed by atoms with E-state index in [0.29, 0.717) is 5.78 Å². The van der Waals surface area contributed by atoms with Crippen molar-refractivity contribution in [2.45, 2.75) is 10.9 Å². The Bertz CT molecular complexity index is 42.2. The van der Waals surface area contributed by atoms with Gasteiger partial charge in [-0.3, -0.25) is 0 Å². The molecule has 28 valence electrons. The monoisotopic (exact) mass is 266 g/mol. The Morgan fingerprint density at radius 1 is 2.00 bits per heavy atom. The minimum atomic E-state index is 0.329. The summed E-state index contributed by atoms with van der Waals surface area (Å²) < 4.78 is 0.833.